The second-order valence-corrected chi connectivity index (χ2v) is 17.8. The van der Waals surface area contributed by atoms with E-state index >= 15 is 0 Å². The van der Waals surface area contributed by atoms with Crippen molar-refractivity contribution in [1.29, 1.82) is 0 Å². The molecule has 1 saturated heterocycles. The summed E-state index contributed by atoms with van der Waals surface area (Å²) >= 11 is 0. The minimum Gasteiger partial charge on any atom is -0.481 e. The number of benzene rings is 6. The van der Waals surface area contributed by atoms with Gasteiger partial charge in [-0.05, 0) is 128 Å². The molecular formula is C42H37F2NO9S2. The number of carbonyl (C=O) groups is 1. The normalized spacial score (nSPS) is 15.8. The third-order valence-corrected chi connectivity index (χ3v) is 13.4. The third kappa shape index (κ3) is 7.43. The zero-order valence-corrected chi connectivity index (χ0v) is 31.8. The van der Waals surface area contributed by atoms with Gasteiger partial charge in [-0.3, -0.25) is 4.79 Å². The van der Waals surface area contributed by atoms with Crippen molar-refractivity contribution < 1.29 is 50.5 Å². The Hall–Kier alpha value is -5.09. The van der Waals surface area contributed by atoms with E-state index in [0.29, 0.717) is 27.1 Å². The van der Waals surface area contributed by atoms with E-state index < -0.39 is 55.6 Å². The summed E-state index contributed by atoms with van der Waals surface area (Å²) in [6, 6.07) is 23.7. The van der Waals surface area contributed by atoms with E-state index in [1.165, 1.54) is 95.3 Å². The van der Waals surface area contributed by atoms with Crippen LogP contribution in [0.25, 0.3) is 21.5 Å². The number of halogens is 2. The number of morpholine rings is 1. The van der Waals surface area contributed by atoms with Crippen LogP contribution in [0.5, 0.6) is 0 Å². The number of hydrogen-bond donors (Lipinski definition) is 3. The SMILES string of the molecule is Cc1c(C(C(=O)O)c2cc(C(O)c3ccc(S(=O)(=O)N4CCOCC4)cc3)c3cc(F)ccc3c2)cc2ccc(F)cc2c1C(O)c1ccc(S(C)(=O)=O)cc1. The number of carboxylic acid groups (broad SMARTS) is 1. The van der Waals surface area contributed by atoms with E-state index in [-0.39, 0.29) is 69.5 Å². The van der Waals surface area contributed by atoms with Gasteiger partial charge in [0.1, 0.15) is 29.8 Å². The predicted molar refractivity (Wildman–Crippen MR) is 206 cm³/mol. The van der Waals surface area contributed by atoms with Crippen LogP contribution in [-0.4, -0.2) is 75.0 Å². The maximum atomic E-state index is 14.7. The second kappa shape index (κ2) is 15.1. The Morgan fingerprint density at radius 3 is 1.79 bits per heavy atom. The highest BCUT2D eigenvalue weighted by Gasteiger charge is 2.31. The highest BCUT2D eigenvalue weighted by Crippen LogP contribution is 2.41. The van der Waals surface area contributed by atoms with Crippen LogP contribution < -0.4 is 0 Å². The van der Waals surface area contributed by atoms with E-state index in [1.807, 2.05) is 0 Å². The number of carboxylic acids is 1. The fraction of sp³-hybridized carbons (Fsp3) is 0.214. The average molecular weight is 802 g/mol. The van der Waals surface area contributed by atoms with Gasteiger partial charge in [0.25, 0.3) is 0 Å². The number of aliphatic hydroxyl groups excluding tert-OH is 2. The van der Waals surface area contributed by atoms with Gasteiger partial charge in [0.05, 0.1) is 23.0 Å². The van der Waals surface area contributed by atoms with Crippen LogP contribution >= 0.6 is 0 Å². The molecule has 14 heteroatoms. The highest BCUT2D eigenvalue weighted by atomic mass is 32.2. The quantitative estimate of drug-likeness (QED) is 0.143. The Morgan fingerprint density at radius 2 is 1.21 bits per heavy atom. The van der Waals surface area contributed by atoms with Crippen LogP contribution in [0, 0.1) is 18.6 Å². The molecule has 6 aromatic rings. The number of nitrogens with zero attached hydrogens (tertiary/aromatic N) is 1. The van der Waals surface area contributed by atoms with Gasteiger partial charge in [0.15, 0.2) is 9.84 Å². The van der Waals surface area contributed by atoms with Gasteiger partial charge in [-0.15, -0.1) is 0 Å². The number of aliphatic hydroxyl groups is 2. The minimum atomic E-state index is -3.83. The molecule has 1 heterocycles. The minimum absolute atomic E-state index is 0.0157. The number of sulfone groups is 1. The molecule has 6 aromatic carbocycles. The van der Waals surface area contributed by atoms with Crippen LogP contribution in [-0.2, 0) is 29.4 Å². The second-order valence-electron chi connectivity index (χ2n) is 13.8. The molecule has 0 bridgehead atoms. The van der Waals surface area contributed by atoms with Gasteiger partial charge >= 0.3 is 5.97 Å². The standard InChI is InChI=1S/C42H37F2NO9S2/c1-24-34(20-28-4-10-31(44)23-36(28)38(24)41(47)26-5-11-32(12-6-26)55(2,50)51)39(42(48)49)29-19-27-3-9-30(43)22-35(27)37(21-29)40(46)25-7-13-33(14-8-25)56(52,53)45-15-17-54-18-16-45/h3-14,19-23,39-41,46-47H,15-18H2,1-2H3,(H,48,49). The summed E-state index contributed by atoms with van der Waals surface area (Å²) in [4.78, 5) is 13.4. The molecule has 56 heavy (non-hydrogen) atoms. The number of ether oxygens (including phenoxy) is 1. The number of rotatable bonds is 10. The van der Waals surface area contributed by atoms with Crippen molar-refractivity contribution in [1.82, 2.24) is 4.31 Å². The summed E-state index contributed by atoms with van der Waals surface area (Å²) in [5.41, 5.74) is 1.73. The van der Waals surface area contributed by atoms with E-state index in [9.17, 15) is 45.7 Å². The van der Waals surface area contributed by atoms with Gasteiger partial charge in [-0.2, -0.15) is 4.31 Å². The lowest BCUT2D eigenvalue weighted by Crippen LogP contribution is -2.40. The Balaban J connectivity index is 1.36. The van der Waals surface area contributed by atoms with Crippen molar-refractivity contribution in [3.05, 3.63) is 154 Å². The Kier molecular flexibility index (Phi) is 10.6. The van der Waals surface area contributed by atoms with Crippen molar-refractivity contribution in [2.45, 2.75) is 34.8 Å². The number of sulfonamides is 1. The van der Waals surface area contributed by atoms with Crippen molar-refractivity contribution in [2.24, 2.45) is 0 Å². The smallest absolute Gasteiger partial charge is 0.315 e. The molecule has 0 aromatic heterocycles. The average Bonchev–Trinajstić information content (AvgIpc) is 3.17. The Bertz CT molecular complexity index is 2720. The Morgan fingerprint density at radius 1 is 0.679 bits per heavy atom. The summed E-state index contributed by atoms with van der Waals surface area (Å²) in [5.74, 6) is -3.88. The monoisotopic (exact) mass is 801 g/mol. The first-order chi connectivity index (χ1) is 26.5. The lowest BCUT2D eigenvalue weighted by Gasteiger charge is -2.26. The summed E-state index contributed by atoms with van der Waals surface area (Å²) in [7, 11) is -7.37. The molecule has 0 spiro atoms. The number of aliphatic carboxylic acids is 1. The Labute approximate surface area is 322 Å². The van der Waals surface area contributed by atoms with Crippen molar-refractivity contribution in [2.75, 3.05) is 32.6 Å². The summed E-state index contributed by atoms with van der Waals surface area (Å²) in [6.45, 7) is 2.56. The highest BCUT2D eigenvalue weighted by molar-refractivity contribution is 7.90. The molecule has 1 aliphatic heterocycles. The molecule has 0 radical (unpaired) electrons. The van der Waals surface area contributed by atoms with Gasteiger partial charge < -0.3 is 20.1 Å². The molecule has 0 aliphatic carbocycles. The first-order valence-corrected chi connectivity index (χ1v) is 20.9. The van der Waals surface area contributed by atoms with E-state index in [1.54, 1.807) is 19.1 Å². The maximum Gasteiger partial charge on any atom is 0.315 e. The molecule has 7 rings (SSSR count). The van der Waals surface area contributed by atoms with Crippen LogP contribution in [0.15, 0.2) is 113 Å². The fourth-order valence-electron chi connectivity index (χ4n) is 7.41. The van der Waals surface area contributed by atoms with Crippen LogP contribution in [0.3, 0.4) is 0 Å². The molecule has 0 amide bonds. The molecular weight excluding hydrogens is 765 g/mol. The lowest BCUT2D eigenvalue weighted by atomic mass is 9.80. The number of fused-ring (bicyclic) bond motifs is 2. The van der Waals surface area contributed by atoms with Crippen molar-refractivity contribution in [3.63, 3.8) is 0 Å². The van der Waals surface area contributed by atoms with Crippen molar-refractivity contribution in [3.8, 4) is 0 Å². The molecule has 0 saturated carbocycles. The topological polar surface area (TPSA) is 159 Å². The zero-order valence-electron chi connectivity index (χ0n) is 30.2. The van der Waals surface area contributed by atoms with E-state index in [4.69, 9.17) is 4.74 Å². The molecule has 10 nitrogen and oxygen atoms in total. The molecule has 1 aliphatic rings. The lowest BCUT2D eigenvalue weighted by molar-refractivity contribution is -0.137. The van der Waals surface area contributed by atoms with E-state index in [2.05, 4.69) is 0 Å². The maximum absolute atomic E-state index is 14.7. The van der Waals surface area contributed by atoms with Crippen LogP contribution in [0.1, 0.15) is 57.1 Å². The van der Waals surface area contributed by atoms with E-state index in [0.717, 1.165) is 6.26 Å². The largest absolute Gasteiger partial charge is 0.481 e. The van der Waals surface area contributed by atoms with Crippen LogP contribution in [0.2, 0.25) is 0 Å². The van der Waals surface area contributed by atoms with Gasteiger partial charge in [0, 0.05) is 19.3 Å². The van der Waals surface area contributed by atoms with Crippen molar-refractivity contribution >= 4 is 47.4 Å². The first kappa shape index (κ1) is 39.2. The molecule has 290 valence electrons. The third-order valence-electron chi connectivity index (χ3n) is 10.3. The molecule has 1 fully saturated rings. The molecule has 3 N–H and O–H groups in total. The van der Waals surface area contributed by atoms with Crippen LogP contribution in [0.4, 0.5) is 8.78 Å². The summed E-state index contributed by atoms with van der Waals surface area (Å²) in [5, 5.41) is 36.0. The summed E-state index contributed by atoms with van der Waals surface area (Å²) < 4.78 is 86.7. The molecule has 3 unspecified atom stereocenters. The van der Waals surface area contributed by atoms with Gasteiger partial charge in [-0.1, -0.05) is 42.5 Å². The predicted octanol–water partition coefficient (Wildman–Crippen LogP) is 6.38. The van der Waals surface area contributed by atoms with Gasteiger partial charge in [-0.25, -0.2) is 25.6 Å². The zero-order chi connectivity index (χ0) is 40.1. The summed E-state index contributed by atoms with van der Waals surface area (Å²) in [6.07, 6.45) is -1.81. The molecule has 3 atom stereocenters. The fourth-order valence-corrected chi connectivity index (χ4v) is 9.44. The van der Waals surface area contributed by atoms with Gasteiger partial charge in [0.2, 0.25) is 10.0 Å². The first-order valence-electron chi connectivity index (χ1n) is 17.6. The number of hydrogen-bond acceptors (Lipinski definition) is 8.